The fourth-order valence-electron chi connectivity index (χ4n) is 3.92. The van der Waals surface area contributed by atoms with Crippen LogP contribution in [0.2, 0.25) is 0 Å². The molecule has 2 heterocycles. The van der Waals surface area contributed by atoms with Gasteiger partial charge in [-0.1, -0.05) is 30.3 Å². The van der Waals surface area contributed by atoms with Gasteiger partial charge in [0.1, 0.15) is 0 Å². The van der Waals surface area contributed by atoms with E-state index in [1.807, 2.05) is 28.0 Å². The number of hydrogen-bond donors (Lipinski definition) is 0. The van der Waals surface area contributed by atoms with E-state index in [2.05, 4.69) is 26.0 Å². The quantitative estimate of drug-likeness (QED) is 0.831. The molecule has 0 aliphatic carbocycles. The number of carbonyl (C=O) groups excluding carboxylic acids is 2. The average Bonchev–Trinajstić information content (AvgIpc) is 2.66. The van der Waals surface area contributed by atoms with Crippen molar-refractivity contribution in [2.45, 2.75) is 45.1 Å². The third-order valence-electron chi connectivity index (χ3n) is 5.58. The predicted octanol–water partition coefficient (Wildman–Crippen LogP) is 2.50. The third-order valence-corrected chi connectivity index (χ3v) is 5.58. The summed E-state index contributed by atoms with van der Waals surface area (Å²) in [6.07, 6.45) is 2.85. The lowest BCUT2D eigenvalue weighted by atomic mass is 9.92. The zero-order valence-electron chi connectivity index (χ0n) is 15.9. The summed E-state index contributed by atoms with van der Waals surface area (Å²) in [7, 11) is 0. The second-order valence-electron chi connectivity index (χ2n) is 8.00. The summed E-state index contributed by atoms with van der Waals surface area (Å²) in [4.78, 5) is 29.3. The smallest absolute Gasteiger partial charge is 0.226 e. The van der Waals surface area contributed by atoms with E-state index in [0.717, 1.165) is 19.3 Å². The van der Waals surface area contributed by atoms with Gasteiger partial charge in [0, 0.05) is 32.0 Å². The Hall–Kier alpha value is -1.88. The van der Waals surface area contributed by atoms with Gasteiger partial charge in [0.05, 0.1) is 18.8 Å². The zero-order chi connectivity index (χ0) is 18.6. The summed E-state index contributed by atoms with van der Waals surface area (Å²) in [5.74, 6) is 0.465. The van der Waals surface area contributed by atoms with Crippen molar-refractivity contribution >= 4 is 11.8 Å². The van der Waals surface area contributed by atoms with E-state index < -0.39 is 0 Å². The summed E-state index contributed by atoms with van der Waals surface area (Å²) in [5.41, 5.74) is 0.957. The fraction of sp³-hybridized carbons (Fsp3) is 0.619. The Morgan fingerprint density at radius 3 is 2.46 bits per heavy atom. The van der Waals surface area contributed by atoms with Crippen LogP contribution in [0.5, 0.6) is 0 Å². The number of ether oxygens (including phenoxy) is 1. The van der Waals surface area contributed by atoms with Crippen molar-refractivity contribution in [3.05, 3.63) is 35.9 Å². The van der Waals surface area contributed by atoms with Crippen LogP contribution in [0.15, 0.2) is 30.3 Å². The molecule has 0 bridgehead atoms. The lowest BCUT2D eigenvalue weighted by Crippen LogP contribution is -2.58. The number of hydrogen-bond acceptors (Lipinski definition) is 3. The van der Waals surface area contributed by atoms with Crippen LogP contribution in [0, 0.1) is 5.92 Å². The highest BCUT2D eigenvalue weighted by Gasteiger charge is 2.38. The fourth-order valence-corrected chi connectivity index (χ4v) is 3.92. The van der Waals surface area contributed by atoms with E-state index in [0.29, 0.717) is 39.3 Å². The van der Waals surface area contributed by atoms with Crippen LogP contribution in [0.25, 0.3) is 0 Å². The number of nitrogens with zero attached hydrogens (tertiary/aromatic N) is 2. The zero-order valence-corrected chi connectivity index (χ0v) is 15.9. The molecule has 0 N–H and O–H groups in total. The Bertz CT molecular complexity index is 621. The number of likely N-dealkylation sites (tertiary alicyclic amines) is 1. The molecule has 26 heavy (non-hydrogen) atoms. The lowest BCUT2D eigenvalue weighted by molar-refractivity contribution is -0.153. The van der Waals surface area contributed by atoms with E-state index in [4.69, 9.17) is 4.74 Å². The SMILES string of the molecule is CC1(C)COCCN1C(=O)C1CCN(C(=O)CCc2ccccc2)CC1. The third kappa shape index (κ3) is 4.44. The van der Waals surface area contributed by atoms with Gasteiger partial charge >= 0.3 is 0 Å². The van der Waals surface area contributed by atoms with Crippen molar-refractivity contribution in [3.8, 4) is 0 Å². The molecule has 2 amide bonds. The number of piperidine rings is 1. The molecule has 5 nitrogen and oxygen atoms in total. The molecule has 0 radical (unpaired) electrons. The summed E-state index contributed by atoms with van der Waals surface area (Å²) in [6, 6.07) is 10.1. The van der Waals surface area contributed by atoms with E-state index in [-0.39, 0.29) is 23.3 Å². The van der Waals surface area contributed by atoms with Crippen molar-refractivity contribution in [1.82, 2.24) is 9.80 Å². The van der Waals surface area contributed by atoms with Gasteiger partial charge in [0.2, 0.25) is 11.8 Å². The van der Waals surface area contributed by atoms with Crippen molar-refractivity contribution in [3.63, 3.8) is 0 Å². The molecule has 3 rings (SSSR count). The normalized spacial score (nSPS) is 20.8. The van der Waals surface area contributed by atoms with E-state index >= 15 is 0 Å². The summed E-state index contributed by atoms with van der Waals surface area (Å²) < 4.78 is 5.52. The monoisotopic (exact) mass is 358 g/mol. The van der Waals surface area contributed by atoms with E-state index in [9.17, 15) is 9.59 Å². The maximum absolute atomic E-state index is 12.9. The van der Waals surface area contributed by atoms with Gasteiger partial charge in [-0.15, -0.1) is 0 Å². The van der Waals surface area contributed by atoms with Crippen LogP contribution in [0.4, 0.5) is 0 Å². The van der Waals surface area contributed by atoms with Crippen LogP contribution in [-0.2, 0) is 20.7 Å². The van der Waals surface area contributed by atoms with Gasteiger partial charge in [-0.25, -0.2) is 0 Å². The van der Waals surface area contributed by atoms with E-state index in [1.54, 1.807) is 0 Å². The number of amides is 2. The molecule has 2 aliphatic heterocycles. The standard InChI is InChI=1S/C21H30N2O3/c1-21(2)16-26-15-14-23(21)20(25)18-10-12-22(13-11-18)19(24)9-8-17-6-4-3-5-7-17/h3-7,18H,8-16H2,1-2H3. The molecular weight excluding hydrogens is 328 g/mol. The van der Waals surface area contributed by atoms with E-state index in [1.165, 1.54) is 5.56 Å². The second-order valence-corrected chi connectivity index (χ2v) is 8.00. The number of rotatable bonds is 4. The van der Waals surface area contributed by atoms with Gasteiger partial charge in [-0.3, -0.25) is 9.59 Å². The molecule has 0 aromatic heterocycles. The van der Waals surface area contributed by atoms with Crippen molar-refractivity contribution in [2.75, 3.05) is 32.8 Å². The van der Waals surface area contributed by atoms with Gasteiger partial charge in [-0.2, -0.15) is 0 Å². The minimum Gasteiger partial charge on any atom is -0.377 e. The first-order chi connectivity index (χ1) is 12.5. The number of aryl methyl sites for hydroxylation is 1. The minimum absolute atomic E-state index is 0.0329. The molecule has 1 aromatic rings. The molecular formula is C21H30N2O3. The molecule has 1 aromatic carbocycles. The van der Waals surface area contributed by atoms with Crippen molar-refractivity contribution in [2.24, 2.45) is 5.92 Å². The summed E-state index contributed by atoms with van der Waals surface area (Å²) in [5, 5.41) is 0. The number of morpholine rings is 1. The maximum atomic E-state index is 12.9. The molecule has 2 aliphatic rings. The predicted molar refractivity (Wildman–Crippen MR) is 101 cm³/mol. The first kappa shape index (κ1) is 18.9. The molecule has 2 fully saturated rings. The van der Waals surface area contributed by atoms with Crippen LogP contribution in [-0.4, -0.2) is 60.0 Å². The van der Waals surface area contributed by atoms with Crippen LogP contribution in [0.1, 0.15) is 38.7 Å². The molecule has 5 heteroatoms. The maximum Gasteiger partial charge on any atom is 0.226 e. The molecule has 142 valence electrons. The number of benzene rings is 1. The Kier molecular flexibility index (Phi) is 5.97. The molecule has 0 saturated carbocycles. The molecule has 0 spiro atoms. The van der Waals surface area contributed by atoms with Gasteiger partial charge < -0.3 is 14.5 Å². The second kappa shape index (κ2) is 8.21. The van der Waals surface area contributed by atoms with Crippen LogP contribution < -0.4 is 0 Å². The summed E-state index contributed by atoms with van der Waals surface area (Å²) >= 11 is 0. The Morgan fingerprint density at radius 1 is 1.12 bits per heavy atom. The lowest BCUT2D eigenvalue weighted by Gasteiger charge is -2.44. The molecule has 0 unspecified atom stereocenters. The van der Waals surface area contributed by atoms with Crippen molar-refractivity contribution in [1.29, 1.82) is 0 Å². The first-order valence-electron chi connectivity index (χ1n) is 9.68. The topological polar surface area (TPSA) is 49.9 Å². The first-order valence-corrected chi connectivity index (χ1v) is 9.68. The van der Waals surface area contributed by atoms with Gasteiger partial charge in [0.25, 0.3) is 0 Å². The molecule has 2 saturated heterocycles. The largest absolute Gasteiger partial charge is 0.377 e. The highest BCUT2D eigenvalue weighted by molar-refractivity contribution is 5.81. The van der Waals surface area contributed by atoms with Gasteiger partial charge in [0.15, 0.2) is 0 Å². The van der Waals surface area contributed by atoms with Crippen LogP contribution in [0.3, 0.4) is 0 Å². The Balaban J connectivity index is 1.47. The van der Waals surface area contributed by atoms with Crippen LogP contribution >= 0.6 is 0 Å². The minimum atomic E-state index is -0.238. The summed E-state index contributed by atoms with van der Waals surface area (Å²) in [6.45, 7) is 7.38. The van der Waals surface area contributed by atoms with Gasteiger partial charge in [-0.05, 0) is 38.7 Å². The Morgan fingerprint density at radius 2 is 1.81 bits per heavy atom. The highest BCUT2D eigenvalue weighted by Crippen LogP contribution is 2.26. The number of carbonyl (C=O) groups is 2. The molecule has 0 atom stereocenters. The average molecular weight is 358 g/mol. The van der Waals surface area contributed by atoms with Crippen molar-refractivity contribution < 1.29 is 14.3 Å². The highest BCUT2D eigenvalue weighted by atomic mass is 16.5. The Labute approximate surface area is 156 Å².